The van der Waals surface area contributed by atoms with E-state index >= 15 is 0 Å². The normalized spacial score (nSPS) is 10.9. The van der Waals surface area contributed by atoms with Crippen LogP contribution < -0.4 is 15.9 Å². The molecule has 22 heavy (non-hydrogen) atoms. The topological polar surface area (TPSA) is 0 Å². The summed E-state index contributed by atoms with van der Waals surface area (Å²) >= 11 is 2.41. The van der Waals surface area contributed by atoms with Gasteiger partial charge in [-0.2, -0.15) is 0 Å². The Kier molecular flexibility index (Phi) is 5.28. The van der Waals surface area contributed by atoms with Gasteiger partial charge >= 0.3 is 0 Å². The fourth-order valence-electron chi connectivity index (χ4n) is 2.64. The Morgan fingerprint density at radius 3 is 1.82 bits per heavy atom. The third kappa shape index (κ3) is 3.42. The van der Waals surface area contributed by atoms with Gasteiger partial charge in [0.25, 0.3) is 0 Å². The van der Waals surface area contributed by atoms with E-state index in [4.69, 9.17) is 0 Å². The molecule has 0 atom stereocenters. The van der Waals surface area contributed by atoms with Crippen molar-refractivity contribution in [2.24, 2.45) is 0 Å². The van der Waals surface area contributed by atoms with E-state index in [1.165, 1.54) is 25.0 Å². The molecule has 0 nitrogen and oxygen atoms in total. The van der Waals surface area contributed by atoms with E-state index in [-0.39, 0.29) is 0 Å². The van der Waals surface area contributed by atoms with Crippen molar-refractivity contribution in [1.82, 2.24) is 0 Å². The number of benzene rings is 3. The van der Waals surface area contributed by atoms with E-state index in [9.17, 15) is 0 Å². The molecule has 0 aliphatic heterocycles. The highest BCUT2D eigenvalue weighted by molar-refractivity contribution is 14.1. The summed E-state index contributed by atoms with van der Waals surface area (Å²) in [5.41, 5.74) is 1.46. The highest BCUT2D eigenvalue weighted by atomic mass is 127. The summed E-state index contributed by atoms with van der Waals surface area (Å²) in [4.78, 5) is 0. The smallest absolute Gasteiger partial charge is 0.0133 e. The Morgan fingerprint density at radius 2 is 1.32 bits per heavy atom. The summed E-state index contributed by atoms with van der Waals surface area (Å²) in [6.45, 7) is 2.25. The lowest BCUT2D eigenvalue weighted by Gasteiger charge is -2.22. The first kappa shape index (κ1) is 15.7. The Hall–Kier alpha value is -1.18. The van der Waals surface area contributed by atoms with Crippen LogP contribution in [0.3, 0.4) is 0 Å². The van der Waals surface area contributed by atoms with E-state index < -0.39 is 7.92 Å². The van der Waals surface area contributed by atoms with Crippen LogP contribution in [0, 0.1) is 3.57 Å². The van der Waals surface area contributed by atoms with Gasteiger partial charge in [-0.1, -0.05) is 73.7 Å². The second kappa shape index (κ2) is 7.39. The Bertz CT molecular complexity index is 699. The third-order valence-electron chi connectivity index (χ3n) is 3.69. The van der Waals surface area contributed by atoms with Crippen molar-refractivity contribution < 1.29 is 0 Å². The van der Waals surface area contributed by atoms with E-state index in [1.54, 1.807) is 0 Å². The van der Waals surface area contributed by atoms with Gasteiger partial charge in [0.1, 0.15) is 0 Å². The van der Waals surface area contributed by atoms with Gasteiger partial charge in [0, 0.05) is 3.57 Å². The molecule has 0 aromatic heterocycles. The van der Waals surface area contributed by atoms with Crippen LogP contribution >= 0.6 is 30.5 Å². The molecule has 0 amide bonds. The van der Waals surface area contributed by atoms with Gasteiger partial charge < -0.3 is 0 Å². The lowest BCUT2D eigenvalue weighted by molar-refractivity contribution is 1.15. The summed E-state index contributed by atoms with van der Waals surface area (Å²) in [7, 11) is -0.488. The molecule has 110 valence electrons. The molecule has 0 aliphatic rings. The maximum absolute atomic E-state index is 2.41. The summed E-state index contributed by atoms with van der Waals surface area (Å²) in [6, 6.07) is 28.7. The molecule has 0 aliphatic carbocycles. The van der Waals surface area contributed by atoms with Crippen molar-refractivity contribution in [3.05, 3.63) is 88.0 Å². The monoisotopic (exact) mass is 416 g/mol. The number of rotatable bonds is 4. The highest BCUT2D eigenvalue weighted by Gasteiger charge is 2.18. The highest BCUT2D eigenvalue weighted by Crippen LogP contribution is 2.34. The van der Waals surface area contributed by atoms with Crippen LogP contribution in [0.25, 0.3) is 0 Å². The molecule has 3 rings (SSSR count). The second-order valence-electron chi connectivity index (χ2n) is 5.13. The Balaban J connectivity index is 2.19. The molecular weight excluding hydrogens is 398 g/mol. The van der Waals surface area contributed by atoms with Crippen molar-refractivity contribution in [2.75, 3.05) is 0 Å². The van der Waals surface area contributed by atoms with Gasteiger partial charge in [0.15, 0.2) is 0 Å². The van der Waals surface area contributed by atoms with Gasteiger partial charge in [-0.05, 0) is 70.5 Å². The molecule has 0 saturated carbocycles. The van der Waals surface area contributed by atoms with Gasteiger partial charge in [0.05, 0.1) is 0 Å². The second-order valence-corrected chi connectivity index (χ2v) is 8.56. The molecule has 0 radical (unpaired) electrons. The summed E-state index contributed by atoms with van der Waals surface area (Å²) in [6.07, 6.45) is 1.07. The molecular formula is C20H18IP. The van der Waals surface area contributed by atoms with Gasteiger partial charge in [-0.15, -0.1) is 0 Å². The van der Waals surface area contributed by atoms with E-state index in [0.29, 0.717) is 0 Å². The minimum Gasteiger partial charge on any atom is -0.0622 e. The van der Waals surface area contributed by atoms with E-state index in [0.717, 1.165) is 6.42 Å². The van der Waals surface area contributed by atoms with Crippen LogP contribution in [0.4, 0.5) is 0 Å². The molecule has 0 bridgehead atoms. The maximum Gasteiger partial charge on any atom is 0.0133 e. The van der Waals surface area contributed by atoms with Crippen LogP contribution in [0.15, 0.2) is 78.9 Å². The molecule has 0 spiro atoms. The fraction of sp³-hybridized carbons (Fsp3) is 0.100. The largest absolute Gasteiger partial charge is 0.0622 e. The minimum absolute atomic E-state index is 0.488. The predicted octanol–water partition coefficient (Wildman–Crippen LogP) is 4.61. The summed E-state index contributed by atoms with van der Waals surface area (Å²) in [5, 5.41) is 4.31. The molecule has 3 aromatic carbocycles. The van der Waals surface area contributed by atoms with Gasteiger partial charge in [-0.25, -0.2) is 0 Å². The molecule has 3 aromatic rings. The number of halogens is 1. The maximum atomic E-state index is 2.41. The quantitative estimate of drug-likeness (QED) is 0.431. The van der Waals surface area contributed by atoms with Crippen molar-refractivity contribution >= 4 is 46.4 Å². The average molecular weight is 416 g/mol. The minimum atomic E-state index is -0.488. The standard InChI is InChI=1S/C20H18IP/c1-2-16-15-17(21)13-14-20(16)22(18-9-5-3-6-10-18)19-11-7-4-8-12-19/h3-15H,2H2,1H3. The first-order valence-corrected chi connectivity index (χ1v) is 9.90. The van der Waals surface area contributed by atoms with Crippen molar-refractivity contribution in [3.8, 4) is 0 Å². The van der Waals surface area contributed by atoms with Crippen molar-refractivity contribution in [2.45, 2.75) is 13.3 Å². The fourth-order valence-corrected chi connectivity index (χ4v) is 5.72. The van der Waals surface area contributed by atoms with Crippen molar-refractivity contribution in [3.63, 3.8) is 0 Å². The van der Waals surface area contributed by atoms with Gasteiger partial charge in [-0.3, -0.25) is 0 Å². The van der Waals surface area contributed by atoms with E-state index in [2.05, 4.69) is 108 Å². The lowest BCUT2D eigenvalue weighted by Crippen LogP contribution is -2.23. The van der Waals surface area contributed by atoms with Crippen LogP contribution in [-0.2, 0) is 6.42 Å². The predicted molar refractivity (Wildman–Crippen MR) is 107 cm³/mol. The summed E-state index contributed by atoms with van der Waals surface area (Å²) in [5.74, 6) is 0. The van der Waals surface area contributed by atoms with Crippen LogP contribution in [0.1, 0.15) is 12.5 Å². The average Bonchev–Trinajstić information content (AvgIpc) is 2.58. The Morgan fingerprint density at radius 1 is 0.773 bits per heavy atom. The number of hydrogen-bond donors (Lipinski definition) is 0. The molecule has 0 unspecified atom stereocenters. The van der Waals surface area contributed by atoms with Crippen molar-refractivity contribution in [1.29, 1.82) is 0 Å². The molecule has 0 heterocycles. The van der Waals surface area contributed by atoms with Crippen LogP contribution in [0.5, 0.6) is 0 Å². The molecule has 0 N–H and O–H groups in total. The zero-order chi connectivity index (χ0) is 15.4. The first-order valence-electron chi connectivity index (χ1n) is 7.48. The first-order chi connectivity index (χ1) is 10.8. The third-order valence-corrected chi connectivity index (χ3v) is 6.91. The van der Waals surface area contributed by atoms with Crippen LogP contribution in [-0.4, -0.2) is 0 Å². The SMILES string of the molecule is CCc1cc(I)ccc1P(c1ccccc1)c1ccccc1. The number of aryl methyl sites for hydroxylation is 1. The number of hydrogen-bond acceptors (Lipinski definition) is 0. The lowest BCUT2D eigenvalue weighted by atomic mass is 10.2. The van der Waals surface area contributed by atoms with Crippen LogP contribution in [0.2, 0.25) is 0 Å². The molecule has 2 heteroatoms. The zero-order valence-corrected chi connectivity index (χ0v) is 15.6. The van der Waals surface area contributed by atoms with E-state index in [1.807, 2.05) is 0 Å². The molecule has 0 saturated heterocycles. The Labute approximate surface area is 147 Å². The molecule has 0 fully saturated rings. The zero-order valence-electron chi connectivity index (χ0n) is 12.5. The van der Waals surface area contributed by atoms with Gasteiger partial charge in [0.2, 0.25) is 0 Å². The summed E-state index contributed by atoms with van der Waals surface area (Å²) < 4.78 is 1.31.